The number of anilines is 2. The van der Waals surface area contributed by atoms with Crippen LogP contribution in [0.25, 0.3) is 10.9 Å². The summed E-state index contributed by atoms with van der Waals surface area (Å²) in [4.78, 5) is 45.3. The first-order valence-corrected chi connectivity index (χ1v) is 18.6. The van der Waals surface area contributed by atoms with Crippen LogP contribution >= 0.6 is 0 Å². The number of amides is 3. The van der Waals surface area contributed by atoms with Crippen LogP contribution in [0.4, 0.5) is 15.5 Å². The molecule has 3 amide bonds. The topological polar surface area (TPSA) is 124 Å². The molecule has 11 heteroatoms. The molecule has 4 N–H and O–H groups in total. The van der Waals surface area contributed by atoms with Crippen LogP contribution < -0.4 is 10.6 Å². The van der Waals surface area contributed by atoms with Gasteiger partial charge in [0.2, 0.25) is 20.2 Å². The number of para-hydroxylation sites is 1. The van der Waals surface area contributed by atoms with E-state index in [1.165, 1.54) is 0 Å². The molecule has 0 aliphatic carbocycles. The molecule has 3 heterocycles. The van der Waals surface area contributed by atoms with Crippen molar-refractivity contribution < 1.29 is 28.3 Å². The number of halogens is 1. The maximum atomic E-state index is 16.1. The predicted molar refractivity (Wildman–Crippen MR) is 177 cm³/mol. The van der Waals surface area contributed by atoms with Crippen molar-refractivity contribution in [3.8, 4) is 0 Å². The van der Waals surface area contributed by atoms with Gasteiger partial charge in [-0.15, -0.1) is 0 Å². The van der Waals surface area contributed by atoms with Crippen molar-refractivity contribution in [1.82, 2.24) is 9.88 Å². The Balaban J connectivity index is 1.26. The number of ether oxygens (including phenoxy) is 1. The number of aromatic nitrogens is 1. The number of rotatable bonds is 10. The molecule has 3 aromatic carbocycles. The molecule has 0 saturated carbocycles. The number of carbonyl (C=O) groups is 3. The highest BCUT2D eigenvalue weighted by molar-refractivity contribution is 6.72. The van der Waals surface area contributed by atoms with Gasteiger partial charge >= 0.3 is 0 Å². The van der Waals surface area contributed by atoms with Crippen LogP contribution in [0.15, 0.2) is 79.0 Å². The predicted octanol–water partition coefficient (Wildman–Crippen LogP) is 5.49. The van der Waals surface area contributed by atoms with Gasteiger partial charge in [-0.25, -0.2) is 0 Å². The molecular weight excluding hydrogens is 603 g/mol. The zero-order chi connectivity index (χ0) is 32.6. The molecule has 0 unspecified atom stereocenters. The van der Waals surface area contributed by atoms with Crippen molar-refractivity contribution in [1.29, 1.82) is 0 Å². The first-order chi connectivity index (χ1) is 22.0. The van der Waals surface area contributed by atoms with Crippen molar-refractivity contribution in [3.63, 3.8) is 0 Å². The first-order valence-electron chi connectivity index (χ1n) is 15.6. The molecular formula is C35H39FN4O5Si. The van der Waals surface area contributed by atoms with Gasteiger partial charge in [-0.2, -0.15) is 0 Å². The molecule has 4 atom stereocenters. The number of aromatic amines is 1. The van der Waals surface area contributed by atoms with E-state index < -0.39 is 37.5 Å². The molecule has 1 saturated heterocycles. The van der Waals surface area contributed by atoms with Crippen LogP contribution in [0, 0.1) is 5.92 Å². The molecule has 1 aromatic heterocycles. The minimum absolute atomic E-state index is 0.118. The summed E-state index contributed by atoms with van der Waals surface area (Å²) in [5.41, 5.74) is 2.06. The standard InChI is InChI=1S/C35H39FN4O5Si/c1-22-33(46(2,3)36)30(19-32(43)40(15-16-41)21-23-9-5-4-6-10-23)45-35(22)27-18-25(13-14-29(27)39-34(35)44)38-31(42)17-24-20-37-28-12-8-7-11-26(24)28/h4-14,18,20,22,30,33,37,41H,15-17,19,21H2,1-3H3,(H,38,42)(H,39,44)/t22-,30+,33-,35+/m0/s1. The SMILES string of the molecule is C[C@H]1[C@H]([Si](C)(C)F)[C@@H](CC(=O)N(CCO)Cc2ccccc2)O[C@]12C(=O)Nc1ccc(NC(=O)Cc3c[nH]c4ccccc34)cc12. The Kier molecular flexibility index (Phi) is 8.58. The van der Waals surface area contributed by atoms with E-state index in [2.05, 4.69) is 15.6 Å². The lowest BCUT2D eigenvalue weighted by Crippen LogP contribution is -2.42. The highest BCUT2D eigenvalue weighted by atomic mass is 28.4. The zero-order valence-corrected chi connectivity index (χ0v) is 27.2. The van der Waals surface area contributed by atoms with E-state index in [1.54, 1.807) is 36.2 Å². The third-order valence-electron chi connectivity index (χ3n) is 9.34. The Labute approximate surface area is 268 Å². The molecule has 1 fully saturated rings. The summed E-state index contributed by atoms with van der Waals surface area (Å²) in [7, 11) is -3.49. The fourth-order valence-corrected chi connectivity index (χ4v) is 9.81. The monoisotopic (exact) mass is 642 g/mol. The Morgan fingerprint density at radius 2 is 1.83 bits per heavy atom. The molecule has 2 aliphatic rings. The summed E-state index contributed by atoms with van der Waals surface area (Å²) < 4.78 is 22.7. The van der Waals surface area contributed by atoms with Gasteiger partial charge in [-0.1, -0.05) is 55.5 Å². The van der Waals surface area contributed by atoms with Crippen LogP contribution in [-0.4, -0.2) is 60.4 Å². The third-order valence-corrected chi connectivity index (χ3v) is 11.8. The van der Waals surface area contributed by atoms with Crippen LogP contribution in [0.5, 0.6) is 0 Å². The Morgan fingerprint density at radius 1 is 1.09 bits per heavy atom. The van der Waals surface area contributed by atoms with Crippen molar-refractivity contribution in [2.45, 2.75) is 56.7 Å². The van der Waals surface area contributed by atoms with Crippen molar-refractivity contribution in [2.75, 3.05) is 23.8 Å². The van der Waals surface area contributed by atoms with E-state index in [4.69, 9.17) is 4.74 Å². The number of fused-ring (bicyclic) bond motifs is 3. The number of aliphatic hydroxyl groups is 1. The molecule has 0 radical (unpaired) electrons. The van der Waals surface area contributed by atoms with Gasteiger partial charge in [0.05, 0.1) is 25.6 Å². The highest BCUT2D eigenvalue weighted by Gasteiger charge is 2.65. The van der Waals surface area contributed by atoms with E-state index in [0.29, 0.717) is 23.5 Å². The number of aliphatic hydroxyl groups excluding tert-OH is 1. The minimum Gasteiger partial charge on any atom is -0.395 e. The summed E-state index contributed by atoms with van der Waals surface area (Å²) >= 11 is 0. The van der Waals surface area contributed by atoms with E-state index in [0.717, 1.165) is 22.0 Å². The zero-order valence-electron chi connectivity index (χ0n) is 26.2. The second kappa shape index (κ2) is 12.5. The van der Waals surface area contributed by atoms with Gasteiger partial charge in [0.25, 0.3) is 5.91 Å². The Bertz CT molecular complexity index is 1770. The maximum Gasteiger partial charge on any atom is 0.261 e. The number of H-pyrrole nitrogens is 1. The lowest BCUT2D eigenvalue weighted by Gasteiger charge is -2.31. The largest absolute Gasteiger partial charge is 0.395 e. The van der Waals surface area contributed by atoms with Gasteiger partial charge in [0.15, 0.2) is 5.60 Å². The average Bonchev–Trinajstić information content (AvgIpc) is 3.65. The highest BCUT2D eigenvalue weighted by Crippen LogP contribution is 2.59. The van der Waals surface area contributed by atoms with E-state index in [1.807, 2.05) is 67.7 Å². The normalized spacial score (nSPS) is 22.2. The summed E-state index contributed by atoms with van der Waals surface area (Å²) in [5.74, 6) is -1.51. The molecule has 9 nitrogen and oxygen atoms in total. The smallest absolute Gasteiger partial charge is 0.261 e. The van der Waals surface area contributed by atoms with E-state index in [9.17, 15) is 19.5 Å². The van der Waals surface area contributed by atoms with Gasteiger partial charge in [-0.05, 0) is 48.5 Å². The van der Waals surface area contributed by atoms with E-state index >= 15 is 4.11 Å². The van der Waals surface area contributed by atoms with Gasteiger partial charge in [0, 0.05) is 58.6 Å². The van der Waals surface area contributed by atoms with Gasteiger partial charge in [0.1, 0.15) is 0 Å². The van der Waals surface area contributed by atoms with Crippen molar-refractivity contribution in [2.24, 2.45) is 5.92 Å². The summed E-state index contributed by atoms with van der Waals surface area (Å²) in [6.45, 7) is 5.17. The second-order valence-corrected chi connectivity index (χ2v) is 16.6. The molecule has 4 aromatic rings. The number of nitrogens with one attached hydrogen (secondary N) is 3. The minimum atomic E-state index is -3.49. The summed E-state index contributed by atoms with van der Waals surface area (Å²) in [6, 6.07) is 22.4. The molecule has 6 rings (SSSR count). The van der Waals surface area contributed by atoms with Crippen LogP contribution in [0.3, 0.4) is 0 Å². The number of hydrogen-bond acceptors (Lipinski definition) is 5. The van der Waals surface area contributed by atoms with Crippen LogP contribution in [-0.2, 0) is 37.7 Å². The van der Waals surface area contributed by atoms with Crippen LogP contribution in [0.1, 0.15) is 30.0 Å². The fourth-order valence-electron chi connectivity index (χ4n) is 7.32. The summed E-state index contributed by atoms with van der Waals surface area (Å²) in [6.07, 6.45) is 0.984. The average molecular weight is 643 g/mol. The van der Waals surface area contributed by atoms with Gasteiger partial charge in [-0.3, -0.25) is 14.4 Å². The molecule has 46 heavy (non-hydrogen) atoms. The molecule has 240 valence electrons. The number of carbonyl (C=O) groups excluding carboxylic acids is 3. The first kappa shape index (κ1) is 31.7. The van der Waals surface area contributed by atoms with Gasteiger partial charge < -0.3 is 34.5 Å². The van der Waals surface area contributed by atoms with Crippen molar-refractivity contribution in [3.05, 3.63) is 95.7 Å². The van der Waals surface area contributed by atoms with E-state index in [-0.39, 0.29) is 37.8 Å². The number of hydrogen-bond donors (Lipinski definition) is 4. The summed E-state index contributed by atoms with van der Waals surface area (Å²) in [5, 5.41) is 16.5. The number of nitrogens with zero attached hydrogens (tertiary/aromatic N) is 1. The lowest BCUT2D eigenvalue weighted by atomic mass is 9.82. The number of benzene rings is 3. The lowest BCUT2D eigenvalue weighted by molar-refractivity contribution is -0.148. The Morgan fingerprint density at radius 3 is 2.57 bits per heavy atom. The molecule has 0 bridgehead atoms. The quantitative estimate of drug-likeness (QED) is 0.135. The maximum absolute atomic E-state index is 16.1. The molecule has 1 spiro atoms. The fraction of sp³-hybridized carbons (Fsp3) is 0.343. The van der Waals surface area contributed by atoms with Crippen LogP contribution in [0.2, 0.25) is 18.6 Å². The molecule has 2 aliphatic heterocycles. The Hall–Kier alpha value is -4.32. The second-order valence-electron chi connectivity index (χ2n) is 12.8. The third kappa shape index (κ3) is 5.86. The van der Waals surface area contributed by atoms with Crippen molar-refractivity contribution >= 4 is 48.4 Å².